The maximum Gasteiger partial charge on any atom is 0.243 e. The Bertz CT molecular complexity index is 925. The molecule has 2 aliphatic rings. The van der Waals surface area contributed by atoms with E-state index in [0.717, 1.165) is 31.7 Å². The molecule has 2 aromatic carbocycles. The van der Waals surface area contributed by atoms with E-state index in [1.165, 1.54) is 43.5 Å². The highest BCUT2D eigenvalue weighted by atomic mass is 32.2. The third kappa shape index (κ3) is 5.23. The highest BCUT2D eigenvalue weighted by Gasteiger charge is 2.26. The van der Waals surface area contributed by atoms with E-state index in [4.69, 9.17) is 4.74 Å². The minimum absolute atomic E-state index is 0.369. The van der Waals surface area contributed by atoms with E-state index < -0.39 is 10.0 Å². The Morgan fingerprint density at radius 2 is 1.57 bits per heavy atom. The van der Waals surface area contributed by atoms with Crippen molar-refractivity contribution in [2.45, 2.75) is 43.4 Å². The molecule has 1 saturated heterocycles. The van der Waals surface area contributed by atoms with Crippen LogP contribution >= 0.6 is 0 Å². The lowest BCUT2D eigenvalue weighted by molar-refractivity contribution is 0.205. The maximum absolute atomic E-state index is 13.0. The molecule has 0 aromatic heterocycles. The molecule has 0 radical (unpaired) electrons. The SMILES string of the molecule is O=S(=O)(c1ccccc1)N1CCc2ccc(OCCCN3CCCCC3)cc2CC1. The van der Waals surface area contributed by atoms with Gasteiger partial charge in [0.05, 0.1) is 11.5 Å². The average molecular weight is 429 g/mol. The maximum atomic E-state index is 13.0. The number of ether oxygens (including phenoxy) is 1. The Kier molecular flexibility index (Phi) is 7.08. The van der Waals surface area contributed by atoms with Gasteiger partial charge in [-0.25, -0.2) is 8.42 Å². The Balaban J connectivity index is 1.32. The largest absolute Gasteiger partial charge is 0.494 e. The molecule has 30 heavy (non-hydrogen) atoms. The van der Waals surface area contributed by atoms with E-state index >= 15 is 0 Å². The number of benzene rings is 2. The Morgan fingerprint density at radius 1 is 0.833 bits per heavy atom. The van der Waals surface area contributed by atoms with Crippen molar-refractivity contribution >= 4 is 10.0 Å². The van der Waals surface area contributed by atoms with Crippen LogP contribution in [0.2, 0.25) is 0 Å². The van der Waals surface area contributed by atoms with Crippen LogP contribution in [0, 0.1) is 0 Å². The molecule has 4 rings (SSSR count). The lowest BCUT2D eigenvalue weighted by atomic mass is 10.0. The highest BCUT2D eigenvalue weighted by molar-refractivity contribution is 7.89. The minimum Gasteiger partial charge on any atom is -0.494 e. The quantitative estimate of drug-likeness (QED) is 0.631. The van der Waals surface area contributed by atoms with Crippen molar-refractivity contribution in [2.24, 2.45) is 0 Å². The minimum atomic E-state index is -3.44. The zero-order chi connectivity index (χ0) is 20.8. The third-order valence-corrected chi connectivity index (χ3v) is 8.07. The topological polar surface area (TPSA) is 49.9 Å². The molecule has 0 N–H and O–H groups in total. The van der Waals surface area contributed by atoms with Crippen LogP contribution in [0.3, 0.4) is 0 Å². The van der Waals surface area contributed by atoms with Gasteiger partial charge in [-0.1, -0.05) is 30.7 Å². The van der Waals surface area contributed by atoms with E-state index in [0.29, 0.717) is 24.4 Å². The van der Waals surface area contributed by atoms with Crippen LogP contribution in [0.25, 0.3) is 0 Å². The number of hydrogen-bond donors (Lipinski definition) is 0. The fraction of sp³-hybridized carbons (Fsp3) is 0.500. The van der Waals surface area contributed by atoms with E-state index in [9.17, 15) is 8.42 Å². The number of rotatable bonds is 7. The number of sulfonamides is 1. The number of likely N-dealkylation sites (tertiary alicyclic amines) is 1. The first-order valence-electron chi connectivity index (χ1n) is 11.1. The molecule has 0 amide bonds. The summed E-state index contributed by atoms with van der Waals surface area (Å²) in [6, 6.07) is 15.0. The Morgan fingerprint density at radius 3 is 2.33 bits per heavy atom. The van der Waals surface area contributed by atoms with Gasteiger partial charge in [0.1, 0.15) is 5.75 Å². The number of nitrogens with zero attached hydrogens (tertiary/aromatic N) is 2. The van der Waals surface area contributed by atoms with Crippen molar-refractivity contribution < 1.29 is 13.2 Å². The Labute approximate surface area is 180 Å². The summed E-state index contributed by atoms with van der Waals surface area (Å²) in [5, 5.41) is 0. The van der Waals surface area contributed by atoms with Gasteiger partial charge in [0.15, 0.2) is 0 Å². The van der Waals surface area contributed by atoms with Crippen molar-refractivity contribution in [1.82, 2.24) is 9.21 Å². The lowest BCUT2D eigenvalue weighted by Gasteiger charge is -2.26. The average Bonchev–Trinajstić information content (AvgIpc) is 3.01. The number of hydrogen-bond acceptors (Lipinski definition) is 4. The molecule has 0 aliphatic carbocycles. The second-order valence-corrected chi connectivity index (χ2v) is 10.2. The number of fused-ring (bicyclic) bond motifs is 1. The summed E-state index contributed by atoms with van der Waals surface area (Å²) in [6.07, 6.45) is 6.50. The van der Waals surface area contributed by atoms with Gasteiger partial charge in [0, 0.05) is 19.6 Å². The predicted octanol–water partition coefficient (Wildman–Crippen LogP) is 3.73. The van der Waals surface area contributed by atoms with Gasteiger partial charge in [0.25, 0.3) is 0 Å². The normalized spacial score (nSPS) is 18.5. The van der Waals surface area contributed by atoms with Crippen LogP contribution < -0.4 is 4.74 Å². The zero-order valence-electron chi connectivity index (χ0n) is 17.6. The van der Waals surface area contributed by atoms with Crippen molar-refractivity contribution in [1.29, 1.82) is 0 Å². The molecule has 0 bridgehead atoms. The van der Waals surface area contributed by atoms with E-state index in [-0.39, 0.29) is 0 Å². The van der Waals surface area contributed by atoms with Crippen molar-refractivity contribution in [3.8, 4) is 5.75 Å². The molecular weight excluding hydrogens is 396 g/mol. The summed E-state index contributed by atoms with van der Waals surface area (Å²) in [6.45, 7) is 5.30. The monoisotopic (exact) mass is 428 g/mol. The van der Waals surface area contributed by atoms with Gasteiger partial charge < -0.3 is 9.64 Å². The number of piperidine rings is 1. The van der Waals surface area contributed by atoms with Crippen LogP contribution in [0.1, 0.15) is 36.8 Å². The zero-order valence-corrected chi connectivity index (χ0v) is 18.4. The highest BCUT2D eigenvalue weighted by Crippen LogP contribution is 2.25. The van der Waals surface area contributed by atoms with E-state index in [1.807, 2.05) is 12.1 Å². The van der Waals surface area contributed by atoms with Gasteiger partial charge in [-0.05, 0) is 80.6 Å². The molecule has 6 heteroatoms. The standard InChI is InChI=1S/C24H32N2O3S/c27-30(28,24-8-3-1-4-9-24)26-17-12-21-10-11-23(20-22(21)13-18-26)29-19-7-16-25-14-5-2-6-15-25/h1,3-4,8-11,20H,2,5-7,12-19H2. The van der Waals surface area contributed by atoms with Crippen molar-refractivity contribution in [3.05, 3.63) is 59.7 Å². The van der Waals surface area contributed by atoms with Crippen molar-refractivity contribution in [2.75, 3.05) is 39.3 Å². The van der Waals surface area contributed by atoms with Gasteiger partial charge in [-0.15, -0.1) is 0 Å². The summed E-state index contributed by atoms with van der Waals surface area (Å²) < 4.78 is 33.5. The summed E-state index contributed by atoms with van der Waals surface area (Å²) in [5.74, 6) is 0.895. The van der Waals surface area contributed by atoms with Gasteiger partial charge in [-0.2, -0.15) is 4.31 Å². The molecule has 0 unspecified atom stereocenters. The second kappa shape index (κ2) is 9.94. The Hall–Kier alpha value is -1.89. The molecule has 5 nitrogen and oxygen atoms in total. The van der Waals surface area contributed by atoms with Crippen LogP contribution in [-0.4, -0.2) is 57.0 Å². The summed E-state index contributed by atoms with van der Waals surface area (Å²) in [7, 11) is -3.44. The molecule has 0 atom stereocenters. The van der Waals surface area contributed by atoms with Crippen molar-refractivity contribution in [3.63, 3.8) is 0 Å². The molecule has 2 heterocycles. The van der Waals surface area contributed by atoms with Crippen LogP contribution in [0.15, 0.2) is 53.4 Å². The van der Waals surface area contributed by atoms with Gasteiger partial charge >= 0.3 is 0 Å². The van der Waals surface area contributed by atoms with Crippen LogP contribution in [0.4, 0.5) is 0 Å². The first-order chi connectivity index (χ1) is 14.6. The van der Waals surface area contributed by atoms with Crippen LogP contribution in [0.5, 0.6) is 5.75 Å². The van der Waals surface area contributed by atoms with Gasteiger partial charge in [-0.3, -0.25) is 0 Å². The fourth-order valence-corrected chi connectivity index (χ4v) is 5.88. The first-order valence-corrected chi connectivity index (χ1v) is 12.6. The van der Waals surface area contributed by atoms with E-state index in [1.54, 1.807) is 28.6 Å². The molecule has 2 aromatic rings. The molecule has 162 valence electrons. The summed E-state index contributed by atoms with van der Waals surface area (Å²) >= 11 is 0. The van der Waals surface area contributed by atoms with Crippen LogP contribution in [-0.2, 0) is 22.9 Å². The predicted molar refractivity (Wildman–Crippen MR) is 119 cm³/mol. The fourth-order valence-electron chi connectivity index (χ4n) is 4.41. The van der Waals surface area contributed by atoms with Gasteiger partial charge in [0.2, 0.25) is 10.0 Å². The summed E-state index contributed by atoms with van der Waals surface area (Å²) in [5.41, 5.74) is 2.43. The second-order valence-electron chi connectivity index (χ2n) is 8.25. The smallest absolute Gasteiger partial charge is 0.243 e. The first kappa shape index (κ1) is 21.3. The molecule has 2 aliphatic heterocycles. The lowest BCUT2D eigenvalue weighted by Crippen LogP contribution is -2.33. The third-order valence-electron chi connectivity index (χ3n) is 6.16. The summed E-state index contributed by atoms with van der Waals surface area (Å²) in [4.78, 5) is 2.90. The molecule has 1 fully saturated rings. The molecular formula is C24H32N2O3S. The van der Waals surface area contributed by atoms with E-state index in [2.05, 4.69) is 17.0 Å². The molecule has 0 spiro atoms. The molecule has 0 saturated carbocycles.